The van der Waals surface area contributed by atoms with Crippen LogP contribution in [0.2, 0.25) is 0 Å². The zero-order valence-corrected chi connectivity index (χ0v) is 12.5. The average molecular weight is 303 g/mol. The first-order chi connectivity index (χ1) is 9.08. The maximum atomic E-state index is 11.6. The monoisotopic (exact) mass is 303 g/mol. The number of hydrogen-bond acceptors (Lipinski definition) is 8. The van der Waals surface area contributed by atoms with Gasteiger partial charge in [-0.05, 0) is 13.8 Å². The van der Waals surface area contributed by atoms with Gasteiger partial charge in [0.15, 0.2) is 9.84 Å². The maximum absolute atomic E-state index is 11.6. The summed E-state index contributed by atoms with van der Waals surface area (Å²) in [5, 5.41) is 16.3. The van der Waals surface area contributed by atoms with Crippen molar-refractivity contribution in [1.29, 1.82) is 0 Å². The Labute approximate surface area is 116 Å². The Kier molecular flexibility index (Phi) is 4.48. The van der Waals surface area contributed by atoms with Crippen molar-refractivity contribution in [2.45, 2.75) is 18.6 Å². The van der Waals surface area contributed by atoms with Gasteiger partial charge in [-0.25, -0.2) is 13.4 Å². The summed E-state index contributed by atoms with van der Waals surface area (Å²) >= 11 is 0. The quantitative estimate of drug-likeness (QED) is 0.579. The fraction of sp³-hybridized carbons (Fsp3) is 0.600. The molecule has 1 aromatic heterocycles. The van der Waals surface area contributed by atoms with Gasteiger partial charge in [-0.1, -0.05) is 0 Å². The standard InChI is InChI=1S/C10H17N5O4S/c1-10(2,20(4,18)19)6-13-8-7(15(16)17)5-12-9(11-3)14-8/h5H,6H2,1-4H3,(H2,11,12,13,14). The molecule has 0 aliphatic rings. The van der Waals surface area contributed by atoms with Crippen LogP contribution in [0.25, 0.3) is 0 Å². The van der Waals surface area contributed by atoms with Gasteiger partial charge in [-0.3, -0.25) is 10.1 Å². The van der Waals surface area contributed by atoms with E-state index in [1.165, 1.54) is 13.8 Å². The SMILES string of the molecule is CNc1ncc([N+](=O)[O-])c(NCC(C)(C)S(C)(=O)=O)n1. The molecule has 112 valence electrons. The van der Waals surface area contributed by atoms with Crippen LogP contribution < -0.4 is 10.6 Å². The Morgan fingerprint density at radius 1 is 1.45 bits per heavy atom. The maximum Gasteiger partial charge on any atom is 0.329 e. The van der Waals surface area contributed by atoms with Crippen molar-refractivity contribution < 1.29 is 13.3 Å². The van der Waals surface area contributed by atoms with Gasteiger partial charge in [0.25, 0.3) is 0 Å². The number of anilines is 2. The van der Waals surface area contributed by atoms with Gasteiger partial charge in [0.1, 0.15) is 6.20 Å². The van der Waals surface area contributed by atoms with Crippen molar-refractivity contribution in [3.05, 3.63) is 16.3 Å². The molecule has 0 aromatic carbocycles. The summed E-state index contributed by atoms with van der Waals surface area (Å²) in [5.41, 5.74) is -0.312. The first-order valence-corrected chi connectivity index (χ1v) is 7.60. The summed E-state index contributed by atoms with van der Waals surface area (Å²) in [4.78, 5) is 17.9. The Balaban J connectivity index is 3.05. The third-order valence-electron chi connectivity index (χ3n) is 2.88. The molecule has 0 aliphatic carbocycles. The van der Waals surface area contributed by atoms with Crippen LogP contribution in [0, 0.1) is 10.1 Å². The normalized spacial score (nSPS) is 12.0. The van der Waals surface area contributed by atoms with Gasteiger partial charge >= 0.3 is 5.69 Å². The van der Waals surface area contributed by atoms with Crippen molar-refractivity contribution in [2.75, 3.05) is 30.5 Å². The third-order valence-corrected chi connectivity index (χ3v) is 5.03. The van der Waals surface area contributed by atoms with Crippen molar-refractivity contribution in [1.82, 2.24) is 9.97 Å². The minimum atomic E-state index is -3.31. The molecular weight excluding hydrogens is 286 g/mol. The molecule has 0 fully saturated rings. The van der Waals surface area contributed by atoms with Gasteiger partial charge in [0, 0.05) is 19.8 Å². The minimum Gasteiger partial charge on any atom is -0.363 e. The van der Waals surface area contributed by atoms with Crippen molar-refractivity contribution in [2.24, 2.45) is 0 Å². The summed E-state index contributed by atoms with van der Waals surface area (Å²) in [7, 11) is -1.74. The second kappa shape index (κ2) is 5.57. The summed E-state index contributed by atoms with van der Waals surface area (Å²) in [6, 6.07) is 0. The molecule has 0 aliphatic heterocycles. The van der Waals surface area contributed by atoms with Gasteiger partial charge < -0.3 is 10.6 Å². The van der Waals surface area contributed by atoms with Crippen molar-refractivity contribution in [3.8, 4) is 0 Å². The number of hydrogen-bond donors (Lipinski definition) is 2. The number of sulfone groups is 1. The number of nitrogens with one attached hydrogen (secondary N) is 2. The third kappa shape index (κ3) is 3.53. The second-order valence-electron chi connectivity index (χ2n) is 4.82. The Hall–Kier alpha value is -1.97. The molecule has 2 N–H and O–H groups in total. The van der Waals surface area contributed by atoms with Gasteiger partial charge in [-0.15, -0.1) is 0 Å². The predicted octanol–water partition coefficient (Wildman–Crippen LogP) is 0.662. The summed E-state index contributed by atoms with van der Waals surface area (Å²) < 4.78 is 22.1. The first-order valence-electron chi connectivity index (χ1n) is 5.71. The zero-order chi connectivity index (χ0) is 15.6. The molecule has 0 atom stereocenters. The second-order valence-corrected chi connectivity index (χ2v) is 7.47. The van der Waals surface area contributed by atoms with E-state index in [-0.39, 0.29) is 24.0 Å². The Morgan fingerprint density at radius 2 is 2.05 bits per heavy atom. The largest absolute Gasteiger partial charge is 0.363 e. The predicted molar refractivity (Wildman–Crippen MR) is 75.6 cm³/mol. The highest BCUT2D eigenvalue weighted by Crippen LogP contribution is 2.24. The Morgan fingerprint density at radius 3 is 2.50 bits per heavy atom. The molecule has 0 saturated heterocycles. The highest BCUT2D eigenvalue weighted by atomic mass is 32.2. The van der Waals surface area contributed by atoms with E-state index >= 15 is 0 Å². The average Bonchev–Trinajstić information content (AvgIpc) is 2.34. The van der Waals surface area contributed by atoms with Crippen molar-refractivity contribution >= 4 is 27.3 Å². The van der Waals surface area contributed by atoms with Crippen LogP contribution in [-0.2, 0) is 9.84 Å². The molecule has 0 spiro atoms. The number of nitrogens with zero attached hydrogens (tertiary/aromatic N) is 3. The molecule has 0 amide bonds. The van der Waals surface area contributed by atoms with Crippen LogP contribution in [0.1, 0.15) is 13.8 Å². The Bertz CT molecular complexity index is 614. The molecule has 0 unspecified atom stereocenters. The highest BCUT2D eigenvalue weighted by Gasteiger charge is 2.31. The molecule has 1 rings (SSSR count). The molecule has 9 nitrogen and oxygen atoms in total. The summed E-state index contributed by atoms with van der Waals surface area (Å²) in [6.07, 6.45) is 2.18. The lowest BCUT2D eigenvalue weighted by atomic mass is 10.2. The van der Waals surface area contributed by atoms with Crippen LogP contribution >= 0.6 is 0 Å². The van der Waals surface area contributed by atoms with Crippen LogP contribution in [0.4, 0.5) is 17.5 Å². The lowest BCUT2D eigenvalue weighted by Crippen LogP contribution is -2.38. The van der Waals surface area contributed by atoms with Crippen LogP contribution in [0.3, 0.4) is 0 Å². The number of aromatic nitrogens is 2. The lowest BCUT2D eigenvalue weighted by molar-refractivity contribution is -0.384. The van der Waals surface area contributed by atoms with E-state index in [0.29, 0.717) is 0 Å². The van der Waals surface area contributed by atoms with E-state index < -0.39 is 19.5 Å². The van der Waals surface area contributed by atoms with Crippen molar-refractivity contribution in [3.63, 3.8) is 0 Å². The fourth-order valence-corrected chi connectivity index (χ4v) is 1.52. The van der Waals surface area contributed by atoms with Crippen LogP contribution in [0.5, 0.6) is 0 Å². The van der Waals surface area contributed by atoms with Crippen LogP contribution in [-0.4, -0.2) is 47.9 Å². The lowest BCUT2D eigenvalue weighted by Gasteiger charge is -2.22. The van der Waals surface area contributed by atoms with E-state index in [1.54, 1.807) is 7.05 Å². The van der Waals surface area contributed by atoms with E-state index in [1.807, 2.05) is 0 Å². The van der Waals surface area contributed by atoms with E-state index in [2.05, 4.69) is 20.6 Å². The molecular formula is C10H17N5O4S. The van der Waals surface area contributed by atoms with Gasteiger partial charge in [-0.2, -0.15) is 4.98 Å². The van der Waals surface area contributed by atoms with E-state index in [9.17, 15) is 18.5 Å². The molecule has 20 heavy (non-hydrogen) atoms. The van der Waals surface area contributed by atoms with Crippen LogP contribution in [0.15, 0.2) is 6.20 Å². The minimum absolute atomic E-state index is 0.00710. The molecule has 0 radical (unpaired) electrons. The van der Waals surface area contributed by atoms with Gasteiger partial charge in [0.05, 0.1) is 9.67 Å². The number of rotatable bonds is 6. The molecule has 1 aromatic rings. The summed E-state index contributed by atoms with van der Waals surface area (Å²) in [6.45, 7) is 3.05. The molecule has 0 bridgehead atoms. The zero-order valence-electron chi connectivity index (χ0n) is 11.7. The number of nitro groups is 1. The molecule has 1 heterocycles. The fourth-order valence-electron chi connectivity index (χ4n) is 1.19. The molecule has 0 saturated carbocycles. The van der Waals surface area contributed by atoms with E-state index in [4.69, 9.17) is 0 Å². The van der Waals surface area contributed by atoms with E-state index in [0.717, 1.165) is 12.5 Å². The highest BCUT2D eigenvalue weighted by molar-refractivity contribution is 7.92. The first kappa shape index (κ1) is 16.1. The topological polar surface area (TPSA) is 127 Å². The van der Waals surface area contributed by atoms with Gasteiger partial charge in [0.2, 0.25) is 11.8 Å². The molecule has 10 heteroatoms. The smallest absolute Gasteiger partial charge is 0.329 e. The summed E-state index contributed by atoms with van der Waals surface area (Å²) in [5.74, 6) is 0.182.